The zero-order valence-corrected chi connectivity index (χ0v) is 11.6. The monoisotopic (exact) mass is 254 g/mol. The lowest BCUT2D eigenvalue weighted by atomic mass is 9.73. The molecule has 3 N–H and O–H groups in total. The Kier molecular flexibility index (Phi) is 3.85. The van der Waals surface area contributed by atoms with Crippen LogP contribution in [0.3, 0.4) is 0 Å². The molecule has 0 aromatic carbocycles. The number of aliphatic hydroxyl groups excluding tert-OH is 1. The molecule has 4 nitrogen and oxygen atoms in total. The lowest BCUT2D eigenvalue weighted by Gasteiger charge is -2.39. The molecule has 2 aliphatic carbocycles. The van der Waals surface area contributed by atoms with Gasteiger partial charge in [0.1, 0.15) is 0 Å². The second kappa shape index (κ2) is 5.08. The van der Waals surface area contributed by atoms with Crippen molar-refractivity contribution in [1.82, 2.24) is 10.6 Å². The highest BCUT2D eigenvalue weighted by molar-refractivity contribution is 5.74. The number of nitrogens with one attached hydrogen (secondary N) is 2. The fourth-order valence-electron chi connectivity index (χ4n) is 2.81. The van der Waals surface area contributed by atoms with Crippen LogP contribution in [0, 0.1) is 10.8 Å². The van der Waals surface area contributed by atoms with Gasteiger partial charge in [0, 0.05) is 18.0 Å². The highest BCUT2D eigenvalue weighted by Crippen LogP contribution is 2.44. The molecule has 0 aromatic rings. The van der Waals surface area contributed by atoms with E-state index in [2.05, 4.69) is 24.5 Å². The summed E-state index contributed by atoms with van der Waals surface area (Å²) in [6, 6.07) is 0.199. The van der Waals surface area contributed by atoms with Crippen LogP contribution in [0.25, 0.3) is 0 Å². The van der Waals surface area contributed by atoms with Crippen LogP contribution in [0.4, 0.5) is 4.79 Å². The van der Waals surface area contributed by atoms with E-state index in [1.165, 1.54) is 19.3 Å². The summed E-state index contributed by atoms with van der Waals surface area (Å²) >= 11 is 0. The second-order valence-corrected chi connectivity index (χ2v) is 6.77. The molecule has 2 amide bonds. The summed E-state index contributed by atoms with van der Waals surface area (Å²) < 4.78 is 0. The molecular formula is C14H26N2O2. The number of urea groups is 1. The van der Waals surface area contributed by atoms with Crippen LogP contribution in [-0.2, 0) is 0 Å². The van der Waals surface area contributed by atoms with Crippen LogP contribution in [0.5, 0.6) is 0 Å². The summed E-state index contributed by atoms with van der Waals surface area (Å²) in [6.07, 6.45) is 6.77. The number of rotatable bonds is 4. The fourth-order valence-corrected chi connectivity index (χ4v) is 2.81. The molecular weight excluding hydrogens is 228 g/mol. The van der Waals surface area contributed by atoms with E-state index in [1.54, 1.807) is 0 Å². The van der Waals surface area contributed by atoms with Crippen LogP contribution in [-0.4, -0.2) is 30.3 Å². The average Bonchev–Trinajstić information content (AvgIpc) is 3.10. The van der Waals surface area contributed by atoms with Crippen molar-refractivity contribution >= 4 is 6.03 Å². The van der Waals surface area contributed by atoms with Gasteiger partial charge in [-0.15, -0.1) is 0 Å². The Morgan fingerprint density at radius 2 is 2.00 bits per heavy atom. The fraction of sp³-hybridized carbons (Fsp3) is 0.929. The molecule has 2 rings (SSSR count). The van der Waals surface area contributed by atoms with Crippen LogP contribution >= 0.6 is 0 Å². The third-order valence-corrected chi connectivity index (χ3v) is 4.73. The molecule has 0 bridgehead atoms. The minimum absolute atomic E-state index is 0.0145. The van der Waals surface area contributed by atoms with E-state index in [-0.39, 0.29) is 29.5 Å². The third kappa shape index (κ3) is 3.16. The quantitative estimate of drug-likeness (QED) is 0.719. The summed E-state index contributed by atoms with van der Waals surface area (Å²) in [6.45, 7) is 5.24. The summed E-state index contributed by atoms with van der Waals surface area (Å²) in [5, 5.41) is 15.2. The number of carbonyl (C=O) groups is 1. The maximum Gasteiger partial charge on any atom is 0.315 e. The van der Waals surface area contributed by atoms with Crippen LogP contribution in [0.1, 0.15) is 52.4 Å². The Morgan fingerprint density at radius 1 is 1.28 bits per heavy atom. The van der Waals surface area contributed by atoms with E-state index in [9.17, 15) is 9.90 Å². The van der Waals surface area contributed by atoms with Gasteiger partial charge < -0.3 is 15.7 Å². The Labute approximate surface area is 110 Å². The molecule has 2 aliphatic rings. The molecule has 0 saturated heterocycles. The summed E-state index contributed by atoms with van der Waals surface area (Å²) in [7, 11) is 0. The molecule has 0 radical (unpaired) electrons. The van der Waals surface area contributed by atoms with E-state index in [1.807, 2.05) is 0 Å². The minimum Gasteiger partial charge on any atom is -0.396 e. The molecule has 2 saturated carbocycles. The third-order valence-electron chi connectivity index (χ3n) is 4.73. The first-order valence-corrected chi connectivity index (χ1v) is 7.13. The van der Waals surface area contributed by atoms with Gasteiger partial charge in [0.15, 0.2) is 0 Å². The Bertz CT molecular complexity index is 311. The summed E-state index contributed by atoms with van der Waals surface area (Å²) in [4.78, 5) is 11.9. The SMILES string of the molecule is CC1(C)CCCCC1NC(=O)NCC1(CO)CC1. The van der Waals surface area contributed by atoms with Crippen LogP contribution in [0.15, 0.2) is 0 Å². The maximum absolute atomic E-state index is 11.9. The van der Waals surface area contributed by atoms with E-state index < -0.39 is 0 Å². The van der Waals surface area contributed by atoms with E-state index in [4.69, 9.17) is 0 Å². The smallest absolute Gasteiger partial charge is 0.315 e. The first-order valence-electron chi connectivity index (χ1n) is 7.13. The Morgan fingerprint density at radius 3 is 2.56 bits per heavy atom. The zero-order chi connectivity index (χ0) is 13.2. The molecule has 4 heteroatoms. The number of hydrogen-bond acceptors (Lipinski definition) is 2. The van der Waals surface area contributed by atoms with Gasteiger partial charge in [-0.2, -0.15) is 0 Å². The number of hydrogen-bond donors (Lipinski definition) is 3. The van der Waals surface area contributed by atoms with E-state index in [0.29, 0.717) is 6.54 Å². The van der Waals surface area contributed by atoms with Crippen LogP contribution in [0.2, 0.25) is 0 Å². The topological polar surface area (TPSA) is 61.4 Å². The van der Waals surface area contributed by atoms with E-state index >= 15 is 0 Å². The molecule has 18 heavy (non-hydrogen) atoms. The number of amides is 2. The van der Waals surface area contributed by atoms with Crippen molar-refractivity contribution < 1.29 is 9.90 Å². The predicted molar refractivity (Wildman–Crippen MR) is 71.3 cm³/mol. The Hall–Kier alpha value is -0.770. The van der Waals surface area contributed by atoms with Gasteiger partial charge in [-0.25, -0.2) is 4.79 Å². The highest BCUT2D eigenvalue weighted by Gasteiger charge is 2.42. The van der Waals surface area contributed by atoms with Crippen molar-refractivity contribution in [2.24, 2.45) is 10.8 Å². The van der Waals surface area contributed by atoms with Crippen molar-refractivity contribution in [3.05, 3.63) is 0 Å². The van der Waals surface area contributed by atoms with Gasteiger partial charge in [-0.1, -0.05) is 26.7 Å². The predicted octanol–water partition coefficient (Wildman–Crippen LogP) is 2.03. The standard InChI is InChI=1S/C14H26N2O2/c1-13(2)6-4-3-5-11(13)16-12(18)15-9-14(10-17)7-8-14/h11,17H,3-10H2,1-2H3,(H2,15,16,18). The zero-order valence-electron chi connectivity index (χ0n) is 11.6. The van der Waals surface area contributed by atoms with Gasteiger partial charge in [0.05, 0.1) is 6.61 Å². The number of carbonyl (C=O) groups excluding carboxylic acids is 1. The summed E-state index contributed by atoms with van der Waals surface area (Å²) in [5.74, 6) is 0. The normalized spacial score (nSPS) is 28.5. The van der Waals surface area contributed by atoms with Gasteiger partial charge in [-0.3, -0.25) is 0 Å². The van der Waals surface area contributed by atoms with E-state index in [0.717, 1.165) is 19.3 Å². The van der Waals surface area contributed by atoms with Gasteiger partial charge in [-0.05, 0) is 31.1 Å². The van der Waals surface area contributed by atoms with Crippen molar-refractivity contribution in [3.63, 3.8) is 0 Å². The molecule has 0 spiro atoms. The van der Waals surface area contributed by atoms with Crippen LogP contribution < -0.4 is 10.6 Å². The first-order chi connectivity index (χ1) is 8.47. The molecule has 104 valence electrons. The van der Waals surface area contributed by atoms with Crippen molar-refractivity contribution in [2.75, 3.05) is 13.2 Å². The molecule has 1 unspecified atom stereocenters. The molecule has 2 fully saturated rings. The highest BCUT2D eigenvalue weighted by atomic mass is 16.3. The largest absolute Gasteiger partial charge is 0.396 e. The second-order valence-electron chi connectivity index (χ2n) is 6.77. The molecule has 0 heterocycles. The molecule has 1 atom stereocenters. The summed E-state index contributed by atoms with van der Waals surface area (Å²) in [5.41, 5.74) is 0.184. The van der Waals surface area contributed by atoms with Gasteiger partial charge >= 0.3 is 6.03 Å². The minimum atomic E-state index is -0.0744. The lowest BCUT2D eigenvalue weighted by Crippen LogP contribution is -2.51. The van der Waals surface area contributed by atoms with Crippen molar-refractivity contribution in [3.8, 4) is 0 Å². The van der Waals surface area contributed by atoms with Gasteiger partial charge in [0.25, 0.3) is 0 Å². The maximum atomic E-state index is 11.9. The molecule has 0 aliphatic heterocycles. The van der Waals surface area contributed by atoms with Gasteiger partial charge in [0.2, 0.25) is 0 Å². The lowest BCUT2D eigenvalue weighted by molar-refractivity contribution is 0.163. The molecule has 0 aromatic heterocycles. The van der Waals surface area contributed by atoms with Crippen molar-refractivity contribution in [2.45, 2.75) is 58.4 Å². The Balaban J connectivity index is 1.76. The average molecular weight is 254 g/mol. The number of aliphatic hydroxyl groups is 1. The first kappa shape index (κ1) is 13.7. The van der Waals surface area contributed by atoms with Crippen molar-refractivity contribution in [1.29, 1.82) is 0 Å².